The minimum absolute atomic E-state index is 0.0727. The predicted molar refractivity (Wildman–Crippen MR) is 122 cm³/mol. The molecular weight excluding hydrogens is 446 g/mol. The minimum Gasteiger partial charge on any atom is -0.497 e. The number of nitrogens with zero attached hydrogens (tertiary/aromatic N) is 3. The lowest BCUT2D eigenvalue weighted by atomic mass is 9.96. The summed E-state index contributed by atoms with van der Waals surface area (Å²) in [4.78, 5) is 41.6. The van der Waals surface area contributed by atoms with Gasteiger partial charge in [-0.25, -0.2) is 9.79 Å². The van der Waals surface area contributed by atoms with Gasteiger partial charge in [-0.2, -0.15) is 0 Å². The molecule has 0 aliphatic carbocycles. The van der Waals surface area contributed by atoms with Gasteiger partial charge in [-0.05, 0) is 36.3 Å². The lowest BCUT2D eigenvalue weighted by Gasteiger charge is -2.24. The topological polar surface area (TPSA) is 113 Å². The first-order valence-corrected chi connectivity index (χ1v) is 10.6. The van der Waals surface area contributed by atoms with E-state index in [-0.39, 0.29) is 16.8 Å². The maximum absolute atomic E-state index is 13.5. The van der Waals surface area contributed by atoms with Crippen molar-refractivity contribution in [1.82, 2.24) is 4.57 Å². The summed E-state index contributed by atoms with van der Waals surface area (Å²) in [5.41, 5.74) is 1.48. The molecule has 0 bridgehead atoms. The molecule has 168 valence electrons. The Morgan fingerprint density at radius 2 is 1.94 bits per heavy atom. The van der Waals surface area contributed by atoms with Crippen molar-refractivity contribution in [2.45, 2.75) is 13.0 Å². The van der Waals surface area contributed by atoms with Crippen molar-refractivity contribution in [3.8, 4) is 5.75 Å². The van der Waals surface area contributed by atoms with Gasteiger partial charge in [0, 0.05) is 12.1 Å². The Labute approximate surface area is 191 Å². The summed E-state index contributed by atoms with van der Waals surface area (Å²) in [6, 6.07) is 12.3. The van der Waals surface area contributed by atoms with Crippen LogP contribution in [0.5, 0.6) is 5.75 Å². The summed E-state index contributed by atoms with van der Waals surface area (Å²) in [6.45, 7) is 1.69. The van der Waals surface area contributed by atoms with Crippen molar-refractivity contribution in [2.75, 3.05) is 14.2 Å². The zero-order valence-electron chi connectivity index (χ0n) is 18.0. The number of allylic oxidation sites excluding steroid dienone is 1. The van der Waals surface area contributed by atoms with Crippen LogP contribution in [0.3, 0.4) is 0 Å². The van der Waals surface area contributed by atoms with Gasteiger partial charge in [0.05, 0.1) is 41.0 Å². The molecule has 1 aromatic heterocycles. The fourth-order valence-corrected chi connectivity index (χ4v) is 4.72. The van der Waals surface area contributed by atoms with Crippen LogP contribution in [0.15, 0.2) is 69.6 Å². The lowest BCUT2D eigenvalue weighted by molar-refractivity contribution is -0.384. The van der Waals surface area contributed by atoms with Crippen molar-refractivity contribution in [3.63, 3.8) is 0 Å². The molecule has 0 fully saturated rings. The Kier molecular flexibility index (Phi) is 5.93. The minimum atomic E-state index is -0.744. The lowest BCUT2D eigenvalue weighted by Crippen LogP contribution is -2.39. The Morgan fingerprint density at radius 1 is 1.21 bits per heavy atom. The quantitative estimate of drug-likeness (QED) is 0.325. The van der Waals surface area contributed by atoms with Crippen LogP contribution in [0.4, 0.5) is 5.69 Å². The molecule has 0 radical (unpaired) electrons. The number of esters is 1. The molecule has 0 saturated carbocycles. The molecule has 1 aliphatic rings. The summed E-state index contributed by atoms with van der Waals surface area (Å²) >= 11 is 1.15. The van der Waals surface area contributed by atoms with E-state index in [0.29, 0.717) is 31.9 Å². The molecule has 0 amide bonds. The number of carbonyl (C=O) groups is 1. The van der Waals surface area contributed by atoms with E-state index in [9.17, 15) is 19.7 Å². The Balaban J connectivity index is 1.94. The number of non-ortho nitro benzene ring substituents is 1. The van der Waals surface area contributed by atoms with Crippen LogP contribution in [0, 0.1) is 10.1 Å². The maximum Gasteiger partial charge on any atom is 0.338 e. The Hall–Kier alpha value is -4.05. The van der Waals surface area contributed by atoms with Crippen molar-refractivity contribution >= 4 is 29.1 Å². The zero-order valence-corrected chi connectivity index (χ0v) is 18.8. The first-order valence-electron chi connectivity index (χ1n) is 9.83. The Morgan fingerprint density at radius 3 is 2.58 bits per heavy atom. The summed E-state index contributed by atoms with van der Waals surface area (Å²) in [6.07, 6.45) is 1.58. The number of carbonyl (C=O) groups excluding carboxylic acids is 1. The Bertz CT molecular complexity index is 1470. The zero-order chi connectivity index (χ0) is 23.7. The molecule has 3 aromatic rings. The van der Waals surface area contributed by atoms with Crippen LogP contribution in [0.2, 0.25) is 0 Å². The van der Waals surface area contributed by atoms with Gasteiger partial charge in [0.25, 0.3) is 11.2 Å². The largest absolute Gasteiger partial charge is 0.497 e. The highest BCUT2D eigenvalue weighted by atomic mass is 32.1. The number of aromatic nitrogens is 1. The number of thiazole rings is 1. The monoisotopic (exact) mass is 465 g/mol. The molecule has 0 saturated heterocycles. The second-order valence-electron chi connectivity index (χ2n) is 7.20. The number of fused-ring (bicyclic) bond motifs is 1. The highest BCUT2D eigenvalue weighted by Gasteiger charge is 2.33. The van der Waals surface area contributed by atoms with Gasteiger partial charge in [0.1, 0.15) is 5.75 Å². The summed E-state index contributed by atoms with van der Waals surface area (Å²) in [5, 5.41) is 11.1. The standard InChI is InChI=1S/C23H19N3O6S/c1-13-19(22(28)32-3)20(15-7-9-17(31-2)10-8-15)25-21(27)18(33-23(25)24-13)12-14-5-4-6-16(11-14)26(29)30/h4-12,20H,1-3H3/b18-12-/t20-/m0/s1. The van der Waals surface area contributed by atoms with E-state index in [0.717, 1.165) is 11.3 Å². The van der Waals surface area contributed by atoms with Gasteiger partial charge in [-0.1, -0.05) is 35.6 Å². The smallest absolute Gasteiger partial charge is 0.338 e. The first-order chi connectivity index (χ1) is 15.8. The van der Waals surface area contributed by atoms with Crippen LogP contribution in [-0.2, 0) is 9.53 Å². The fraction of sp³-hybridized carbons (Fsp3) is 0.174. The molecule has 33 heavy (non-hydrogen) atoms. The van der Waals surface area contributed by atoms with Crippen molar-refractivity contribution in [1.29, 1.82) is 0 Å². The van der Waals surface area contributed by atoms with E-state index in [1.54, 1.807) is 56.5 Å². The average molecular weight is 465 g/mol. The van der Waals surface area contributed by atoms with E-state index in [1.165, 1.54) is 23.8 Å². The summed E-state index contributed by atoms with van der Waals surface area (Å²) in [7, 11) is 2.83. The second-order valence-corrected chi connectivity index (χ2v) is 8.21. The van der Waals surface area contributed by atoms with Crippen LogP contribution in [0.1, 0.15) is 24.1 Å². The number of benzene rings is 2. The van der Waals surface area contributed by atoms with Crippen LogP contribution in [-0.4, -0.2) is 29.7 Å². The van der Waals surface area contributed by atoms with Crippen LogP contribution < -0.4 is 19.6 Å². The third-order valence-corrected chi connectivity index (χ3v) is 6.22. The molecule has 10 heteroatoms. The van der Waals surface area contributed by atoms with Crippen LogP contribution in [0.25, 0.3) is 6.08 Å². The molecular formula is C23H19N3O6S. The number of hydrogen-bond donors (Lipinski definition) is 0. The number of hydrogen-bond acceptors (Lipinski definition) is 8. The van der Waals surface area contributed by atoms with E-state index < -0.39 is 16.9 Å². The molecule has 1 atom stereocenters. The molecule has 0 spiro atoms. The van der Waals surface area contributed by atoms with Gasteiger partial charge in [0.2, 0.25) is 0 Å². The predicted octanol–water partition coefficient (Wildman–Crippen LogP) is 2.33. The number of nitro benzene ring substituents is 1. The van der Waals surface area contributed by atoms with Gasteiger partial charge >= 0.3 is 5.97 Å². The van der Waals surface area contributed by atoms with Gasteiger partial charge < -0.3 is 9.47 Å². The highest BCUT2D eigenvalue weighted by Crippen LogP contribution is 2.31. The normalized spacial score (nSPS) is 15.6. The second kappa shape index (κ2) is 8.83. The third-order valence-electron chi connectivity index (χ3n) is 5.24. The molecule has 0 unspecified atom stereocenters. The van der Waals surface area contributed by atoms with E-state index in [4.69, 9.17) is 9.47 Å². The van der Waals surface area contributed by atoms with E-state index in [2.05, 4.69) is 4.99 Å². The van der Waals surface area contributed by atoms with E-state index >= 15 is 0 Å². The number of rotatable bonds is 5. The summed E-state index contributed by atoms with van der Waals surface area (Å²) in [5.74, 6) is 0.0576. The highest BCUT2D eigenvalue weighted by molar-refractivity contribution is 7.07. The van der Waals surface area contributed by atoms with Crippen LogP contribution >= 0.6 is 11.3 Å². The molecule has 1 aliphatic heterocycles. The molecule has 4 rings (SSSR count). The van der Waals surface area contributed by atoms with Crippen molar-refractivity contribution in [2.24, 2.45) is 4.99 Å². The first kappa shape index (κ1) is 22.2. The van der Waals surface area contributed by atoms with Gasteiger partial charge in [-0.3, -0.25) is 19.5 Å². The molecule has 0 N–H and O–H groups in total. The fourth-order valence-electron chi connectivity index (χ4n) is 3.67. The number of methoxy groups -OCH3 is 2. The third kappa shape index (κ3) is 4.08. The maximum atomic E-state index is 13.5. The molecule has 2 aromatic carbocycles. The van der Waals surface area contributed by atoms with Crippen molar-refractivity contribution < 1.29 is 19.2 Å². The van der Waals surface area contributed by atoms with Gasteiger partial charge in [-0.15, -0.1) is 0 Å². The average Bonchev–Trinajstić information content (AvgIpc) is 3.12. The SMILES string of the molecule is COC(=O)C1=C(C)N=c2s/c(=C\c3cccc([N+](=O)[O-])c3)c(=O)n2[C@H]1c1ccc(OC)cc1. The number of ether oxygens (including phenoxy) is 2. The van der Waals surface area contributed by atoms with Crippen molar-refractivity contribution in [3.05, 3.63) is 101 Å². The molecule has 2 heterocycles. The van der Waals surface area contributed by atoms with Gasteiger partial charge in [0.15, 0.2) is 4.80 Å². The number of nitro groups is 1. The molecule has 9 nitrogen and oxygen atoms in total. The van der Waals surface area contributed by atoms with E-state index in [1.807, 2.05) is 0 Å². The summed E-state index contributed by atoms with van der Waals surface area (Å²) < 4.78 is 12.0.